The summed E-state index contributed by atoms with van der Waals surface area (Å²) in [7, 11) is 0. The fourth-order valence-electron chi connectivity index (χ4n) is 1.30. The molecule has 0 spiro atoms. The summed E-state index contributed by atoms with van der Waals surface area (Å²) in [5, 5.41) is 0. The smallest absolute Gasteiger partial charge is 0.164 e. The van der Waals surface area contributed by atoms with Crippen LogP contribution < -0.4 is 0 Å². The summed E-state index contributed by atoms with van der Waals surface area (Å²) in [5.41, 5.74) is 2.22. The molecule has 1 aliphatic carbocycles. The quantitative estimate of drug-likeness (QED) is 0.552. The Morgan fingerprint density at radius 2 is 2.36 bits per heavy atom. The minimum atomic E-state index is -0.980. The van der Waals surface area contributed by atoms with Crippen molar-refractivity contribution >= 4 is 6.08 Å². The molecule has 0 amide bonds. The first-order chi connectivity index (χ1) is 5.29. The van der Waals surface area contributed by atoms with Gasteiger partial charge in [0.1, 0.15) is 0 Å². The monoisotopic (exact) mass is 149 g/mol. The minimum absolute atomic E-state index is 0.560. The molecular formula is C9H8FN. The van der Waals surface area contributed by atoms with Crippen molar-refractivity contribution in [3.8, 4) is 0 Å². The maximum absolute atomic E-state index is 13.2. The fraction of sp³-hybridized carbons (Fsp3) is 0.222. The Morgan fingerprint density at radius 1 is 1.55 bits per heavy atom. The van der Waals surface area contributed by atoms with Crippen LogP contribution in [0.4, 0.5) is 4.39 Å². The maximum Gasteiger partial charge on any atom is 0.164 e. The van der Waals surface area contributed by atoms with Gasteiger partial charge in [0, 0.05) is 6.20 Å². The number of alkyl halides is 1. The lowest BCUT2D eigenvalue weighted by Gasteiger charge is -2.00. The van der Waals surface area contributed by atoms with Crippen LogP contribution in [0.3, 0.4) is 0 Å². The van der Waals surface area contributed by atoms with Crippen molar-refractivity contribution in [3.05, 3.63) is 35.2 Å². The van der Waals surface area contributed by atoms with Gasteiger partial charge in [-0.15, -0.1) is 0 Å². The second-order valence-electron chi connectivity index (χ2n) is 2.73. The molecular weight excluding hydrogens is 141 g/mol. The molecule has 0 N–H and O–H groups in total. The summed E-state index contributed by atoms with van der Waals surface area (Å²) in [6, 6.07) is 3.70. The first kappa shape index (κ1) is 6.53. The van der Waals surface area contributed by atoms with E-state index in [1.165, 1.54) is 0 Å². The number of hydrogen-bond donors (Lipinski definition) is 0. The van der Waals surface area contributed by atoms with Crippen molar-refractivity contribution in [1.29, 1.82) is 0 Å². The summed E-state index contributed by atoms with van der Waals surface area (Å²) >= 11 is 0. The van der Waals surface area contributed by atoms with Gasteiger partial charge >= 0.3 is 0 Å². The Kier molecular flexibility index (Phi) is 1.28. The fourth-order valence-corrected chi connectivity index (χ4v) is 1.30. The average molecular weight is 149 g/mol. The average Bonchev–Trinajstić information content (AvgIpc) is 2.30. The molecule has 0 saturated carbocycles. The Morgan fingerprint density at radius 3 is 3.09 bits per heavy atom. The van der Waals surface area contributed by atoms with Crippen LogP contribution in [0.1, 0.15) is 24.4 Å². The molecule has 11 heavy (non-hydrogen) atoms. The van der Waals surface area contributed by atoms with Crippen molar-refractivity contribution in [2.24, 2.45) is 0 Å². The van der Waals surface area contributed by atoms with E-state index in [-0.39, 0.29) is 0 Å². The number of halogens is 1. The van der Waals surface area contributed by atoms with Gasteiger partial charge in [0.25, 0.3) is 0 Å². The van der Waals surface area contributed by atoms with Crippen molar-refractivity contribution in [2.45, 2.75) is 13.1 Å². The minimum Gasteiger partial charge on any atom is -0.257 e. The molecule has 56 valence electrons. The van der Waals surface area contributed by atoms with Crippen LogP contribution in [-0.4, -0.2) is 4.98 Å². The van der Waals surface area contributed by atoms with E-state index in [1.807, 2.05) is 18.2 Å². The highest BCUT2D eigenvalue weighted by atomic mass is 19.1. The van der Waals surface area contributed by atoms with Crippen LogP contribution in [-0.2, 0) is 0 Å². The first-order valence-corrected chi connectivity index (χ1v) is 3.56. The van der Waals surface area contributed by atoms with E-state index in [9.17, 15) is 4.39 Å². The molecule has 0 aromatic carbocycles. The molecule has 1 aromatic heterocycles. The number of pyridine rings is 1. The van der Waals surface area contributed by atoms with Crippen LogP contribution in [0.25, 0.3) is 6.08 Å². The molecule has 2 rings (SSSR count). The van der Waals surface area contributed by atoms with Gasteiger partial charge < -0.3 is 0 Å². The van der Waals surface area contributed by atoms with Crippen LogP contribution in [0.2, 0.25) is 0 Å². The standard InChI is InChI=1S/C9H8FN/c1-6-5-7-3-2-4-11-9(7)8(6)10/h2-5,8H,1H3. The van der Waals surface area contributed by atoms with Gasteiger partial charge in [-0.05, 0) is 24.1 Å². The van der Waals surface area contributed by atoms with Gasteiger partial charge in [-0.1, -0.05) is 12.1 Å². The Balaban J connectivity index is 2.58. The van der Waals surface area contributed by atoms with Crippen molar-refractivity contribution in [1.82, 2.24) is 4.98 Å². The third-order valence-electron chi connectivity index (χ3n) is 1.89. The van der Waals surface area contributed by atoms with Gasteiger partial charge in [-0.3, -0.25) is 4.98 Å². The maximum atomic E-state index is 13.2. The predicted molar refractivity (Wildman–Crippen MR) is 41.7 cm³/mol. The summed E-state index contributed by atoms with van der Waals surface area (Å²) in [6.45, 7) is 1.78. The van der Waals surface area contributed by atoms with Crippen molar-refractivity contribution in [2.75, 3.05) is 0 Å². The molecule has 1 unspecified atom stereocenters. The third-order valence-corrected chi connectivity index (χ3v) is 1.89. The summed E-state index contributed by atoms with van der Waals surface area (Å²) < 4.78 is 13.2. The molecule has 1 heterocycles. The summed E-state index contributed by atoms with van der Waals surface area (Å²) in [4.78, 5) is 3.96. The molecule has 1 aliphatic rings. The zero-order chi connectivity index (χ0) is 7.84. The number of hydrogen-bond acceptors (Lipinski definition) is 1. The van der Waals surface area contributed by atoms with Crippen LogP contribution in [0, 0.1) is 0 Å². The Bertz CT molecular complexity index is 317. The highest BCUT2D eigenvalue weighted by molar-refractivity contribution is 5.62. The largest absolute Gasteiger partial charge is 0.257 e. The summed E-state index contributed by atoms with van der Waals surface area (Å²) in [6.07, 6.45) is 2.48. The van der Waals surface area contributed by atoms with E-state index in [1.54, 1.807) is 13.1 Å². The molecule has 0 radical (unpaired) electrons. The second kappa shape index (κ2) is 2.16. The van der Waals surface area contributed by atoms with Gasteiger partial charge in [0.05, 0.1) is 5.69 Å². The summed E-state index contributed by atoms with van der Waals surface area (Å²) in [5.74, 6) is 0. The predicted octanol–water partition coefficient (Wildman–Crippen LogP) is 2.51. The zero-order valence-electron chi connectivity index (χ0n) is 6.21. The SMILES string of the molecule is CC1=Cc2cccnc2C1F. The molecule has 0 bridgehead atoms. The van der Waals surface area contributed by atoms with E-state index in [0.717, 1.165) is 11.1 Å². The van der Waals surface area contributed by atoms with E-state index < -0.39 is 6.17 Å². The molecule has 2 heteroatoms. The van der Waals surface area contributed by atoms with E-state index in [0.29, 0.717) is 5.69 Å². The Labute approximate surface area is 64.6 Å². The van der Waals surface area contributed by atoms with E-state index >= 15 is 0 Å². The zero-order valence-corrected chi connectivity index (χ0v) is 6.21. The van der Waals surface area contributed by atoms with Crippen LogP contribution in [0.5, 0.6) is 0 Å². The third kappa shape index (κ3) is 0.862. The van der Waals surface area contributed by atoms with Crippen molar-refractivity contribution in [3.63, 3.8) is 0 Å². The van der Waals surface area contributed by atoms with E-state index in [4.69, 9.17) is 0 Å². The lowest BCUT2D eigenvalue weighted by molar-refractivity contribution is 0.393. The van der Waals surface area contributed by atoms with Crippen LogP contribution >= 0.6 is 0 Å². The molecule has 0 aliphatic heterocycles. The van der Waals surface area contributed by atoms with Gasteiger partial charge in [0.15, 0.2) is 6.17 Å². The number of rotatable bonds is 0. The normalized spacial score (nSPS) is 21.3. The van der Waals surface area contributed by atoms with Crippen molar-refractivity contribution < 1.29 is 4.39 Å². The lowest BCUT2D eigenvalue weighted by atomic mass is 10.2. The molecule has 1 nitrogen and oxygen atoms in total. The topological polar surface area (TPSA) is 12.9 Å². The second-order valence-corrected chi connectivity index (χ2v) is 2.73. The van der Waals surface area contributed by atoms with Gasteiger partial charge in [0.2, 0.25) is 0 Å². The van der Waals surface area contributed by atoms with Gasteiger partial charge in [-0.25, -0.2) is 4.39 Å². The van der Waals surface area contributed by atoms with E-state index in [2.05, 4.69) is 4.98 Å². The first-order valence-electron chi connectivity index (χ1n) is 3.56. The van der Waals surface area contributed by atoms with Gasteiger partial charge in [-0.2, -0.15) is 0 Å². The molecule has 0 fully saturated rings. The lowest BCUT2D eigenvalue weighted by Crippen LogP contribution is -1.91. The molecule has 1 atom stereocenters. The Hall–Kier alpha value is -1.18. The molecule has 0 saturated heterocycles. The highest BCUT2D eigenvalue weighted by Gasteiger charge is 2.22. The number of fused-ring (bicyclic) bond motifs is 1. The number of nitrogens with zero attached hydrogens (tertiary/aromatic N) is 1. The molecule has 1 aromatic rings. The highest BCUT2D eigenvalue weighted by Crippen LogP contribution is 2.34. The number of aromatic nitrogens is 1. The van der Waals surface area contributed by atoms with Crippen LogP contribution in [0.15, 0.2) is 23.9 Å². The number of allylic oxidation sites excluding steroid dienone is 1.